The Morgan fingerprint density at radius 2 is 1.55 bits per heavy atom. The van der Waals surface area contributed by atoms with Gasteiger partial charge in [-0.2, -0.15) is 13.2 Å². The Morgan fingerprint density at radius 3 is 2.03 bits per heavy atom. The van der Waals surface area contributed by atoms with E-state index in [1.165, 1.54) is 54.0 Å². The first-order valence-corrected chi connectivity index (χ1v) is 8.55. The monoisotopic (exact) mass is 402 g/mol. The predicted molar refractivity (Wildman–Crippen MR) is 101 cm³/mol. The number of carboxylic acids is 1. The molecule has 3 aromatic rings. The fraction of sp³-hybridized carbons (Fsp3) is 0.143. The molecule has 0 radical (unpaired) electrons. The van der Waals surface area contributed by atoms with E-state index in [1.807, 2.05) is 0 Å². The van der Waals surface area contributed by atoms with Crippen LogP contribution >= 0.6 is 0 Å². The fourth-order valence-electron chi connectivity index (χ4n) is 3.31. The SMILES string of the molecule is Cc1cc(C(=O)O)c(C)n1-c1ccc(-c2ccc(C(N)=O)cc2)cc1C(F)(F)F. The van der Waals surface area contributed by atoms with Gasteiger partial charge in [0.05, 0.1) is 16.8 Å². The second-order valence-corrected chi connectivity index (χ2v) is 6.60. The molecule has 0 bridgehead atoms. The molecule has 3 N–H and O–H groups in total. The van der Waals surface area contributed by atoms with Crippen molar-refractivity contribution in [2.45, 2.75) is 20.0 Å². The minimum absolute atomic E-state index is 0.0539. The van der Waals surface area contributed by atoms with Crippen molar-refractivity contribution in [3.05, 3.63) is 76.6 Å². The van der Waals surface area contributed by atoms with Gasteiger partial charge < -0.3 is 15.4 Å². The first-order valence-electron chi connectivity index (χ1n) is 8.55. The summed E-state index contributed by atoms with van der Waals surface area (Å²) in [6.45, 7) is 3.02. The lowest BCUT2D eigenvalue weighted by atomic mass is 10.00. The molecule has 0 aliphatic rings. The molecule has 8 heteroatoms. The Balaban J connectivity index is 2.19. The number of carboxylic acid groups (broad SMARTS) is 1. The first kappa shape index (κ1) is 20.2. The molecule has 0 unspecified atom stereocenters. The molecule has 0 saturated carbocycles. The summed E-state index contributed by atoms with van der Waals surface area (Å²) in [5.74, 6) is -1.83. The number of halogens is 3. The molecular formula is C21H17F3N2O3. The summed E-state index contributed by atoms with van der Waals surface area (Å²) in [6, 6.07) is 11.1. The Kier molecular flexibility index (Phi) is 4.96. The van der Waals surface area contributed by atoms with Crippen molar-refractivity contribution in [2.75, 3.05) is 0 Å². The lowest BCUT2D eigenvalue weighted by molar-refractivity contribution is -0.137. The number of benzene rings is 2. The standard InChI is InChI=1S/C21H17F3N2O3/c1-11-9-16(20(28)29)12(2)26(11)18-8-7-15(10-17(18)21(22,23)24)13-3-5-14(6-4-13)19(25)27/h3-10H,1-2H3,(H2,25,27)(H,28,29). The molecule has 0 fully saturated rings. The van der Waals surface area contributed by atoms with Gasteiger partial charge >= 0.3 is 12.1 Å². The number of hydrogen-bond donors (Lipinski definition) is 2. The van der Waals surface area contributed by atoms with Crippen LogP contribution in [0.25, 0.3) is 16.8 Å². The molecule has 0 spiro atoms. The average molecular weight is 402 g/mol. The summed E-state index contributed by atoms with van der Waals surface area (Å²) in [4.78, 5) is 22.5. The van der Waals surface area contributed by atoms with Crippen LogP contribution in [0, 0.1) is 13.8 Å². The predicted octanol–water partition coefficient (Wildman–Crippen LogP) is 4.58. The normalized spacial score (nSPS) is 11.5. The summed E-state index contributed by atoms with van der Waals surface area (Å²) in [5.41, 5.74) is 5.71. The molecule has 2 aromatic carbocycles. The van der Waals surface area contributed by atoms with E-state index in [0.717, 1.165) is 6.07 Å². The van der Waals surface area contributed by atoms with Gasteiger partial charge in [-0.15, -0.1) is 0 Å². The number of aromatic nitrogens is 1. The van der Waals surface area contributed by atoms with Gasteiger partial charge in [0.15, 0.2) is 0 Å². The van der Waals surface area contributed by atoms with Crippen molar-refractivity contribution in [3.63, 3.8) is 0 Å². The van der Waals surface area contributed by atoms with Gasteiger partial charge in [0.2, 0.25) is 5.91 Å². The minimum Gasteiger partial charge on any atom is -0.478 e. The van der Waals surface area contributed by atoms with E-state index in [4.69, 9.17) is 5.73 Å². The van der Waals surface area contributed by atoms with Crippen molar-refractivity contribution in [1.29, 1.82) is 0 Å². The molecule has 150 valence electrons. The maximum atomic E-state index is 13.8. The highest BCUT2D eigenvalue weighted by Gasteiger charge is 2.35. The van der Waals surface area contributed by atoms with Crippen LogP contribution in [-0.4, -0.2) is 21.6 Å². The van der Waals surface area contributed by atoms with Crippen molar-refractivity contribution in [1.82, 2.24) is 4.57 Å². The lowest BCUT2D eigenvalue weighted by Crippen LogP contribution is -2.13. The van der Waals surface area contributed by atoms with Crippen molar-refractivity contribution in [2.24, 2.45) is 5.73 Å². The number of alkyl halides is 3. The molecule has 29 heavy (non-hydrogen) atoms. The summed E-state index contributed by atoms with van der Waals surface area (Å²) in [5, 5.41) is 9.27. The topological polar surface area (TPSA) is 85.3 Å². The number of carbonyl (C=O) groups excluding carboxylic acids is 1. The summed E-state index contributed by atoms with van der Waals surface area (Å²) in [7, 11) is 0. The van der Waals surface area contributed by atoms with Crippen LogP contribution in [-0.2, 0) is 6.18 Å². The van der Waals surface area contributed by atoms with Crippen LogP contribution in [0.4, 0.5) is 13.2 Å². The molecule has 0 aliphatic heterocycles. The second kappa shape index (κ2) is 7.12. The van der Waals surface area contributed by atoms with Crippen LogP contribution in [0.2, 0.25) is 0 Å². The van der Waals surface area contributed by atoms with Crippen LogP contribution < -0.4 is 5.73 Å². The number of aryl methyl sites for hydroxylation is 1. The lowest BCUT2D eigenvalue weighted by Gasteiger charge is -2.18. The highest BCUT2D eigenvalue weighted by Crippen LogP contribution is 2.38. The van der Waals surface area contributed by atoms with Gasteiger partial charge in [0.1, 0.15) is 0 Å². The van der Waals surface area contributed by atoms with Gasteiger partial charge in [-0.05, 0) is 55.3 Å². The van der Waals surface area contributed by atoms with E-state index in [2.05, 4.69) is 0 Å². The van der Waals surface area contributed by atoms with Gasteiger partial charge in [-0.25, -0.2) is 4.79 Å². The van der Waals surface area contributed by atoms with Crippen molar-refractivity contribution in [3.8, 4) is 16.8 Å². The van der Waals surface area contributed by atoms with Crippen LogP contribution in [0.1, 0.15) is 37.7 Å². The fourth-order valence-corrected chi connectivity index (χ4v) is 3.31. The van der Waals surface area contributed by atoms with E-state index in [0.29, 0.717) is 16.8 Å². The number of carbonyl (C=O) groups is 2. The van der Waals surface area contributed by atoms with E-state index in [-0.39, 0.29) is 22.5 Å². The van der Waals surface area contributed by atoms with Gasteiger partial charge in [0.25, 0.3) is 0 Å². The zero-order valence-electron chi connectivity index (χ0n) is 15.5. The van der Waals surface area contributed by atoms with Gasteiger partial charge in [-0.1, -0.05) is 18.2 Å². The Bertz CT molecular complexity index is 1110. The summed E-state index contributed by atoms with van der Waals surface area (Å²) < 4.78 is 42.8. The number of primary amides is 1. The van der Waals surface area contributed by atoms with E-state index >= 15 is 0 Å². The second-order valence-electron chi connectivity index (χ2n) is 6.60. The number of aromatic carboxylic acids is 1. The number of amides is 1. The third-order valence-corrected chi connectivity index (χ3v) is 4.71. The largest absolute Gasteiger partial charge is 0.478 e. The van der Waals surface area contributed by atoms with E-state index in [1.54, 1.807) is 6.92 Å². The van der Waals surface area contributed by atoms with Crippen molar-refractivity contribution >= 4 is 11.9 Å². The highest BCUT2D eigenvalue weighted by molar-refractivity contribution is 5.93. The van der Waals surface area contributed by atoms with E-state index in [9.17, 15) is 27.9 Å². The number of rotatable bonds is 4. The van der Waals surface area contributed by atoms with Crippen LogP contribution in [0.15, 0.2) is 48.5 Å². The third-order valence-electron chi connectivity index (χ3n) is 4.71. The van der Waals surface area contributed by atoms with Crippen LogP contribution in [0.5, 0.6) is 0 Å². The first-order chi connectivity index (χ1) is 13.5. The highest BCUT2D eigenvalue weighted by atomic mass is 19.4. The molecule has 0 saturated heterocycles. The smallest absolute Gasteiger partial charge is 0.418 e. The van der Waals surface area contributed by atoms with Crippen LogP contribution in [0.3, 0.4) is 0 Å². The zero-order valence-corrected chi connectivity index (χ0v) is 15.5. The average Bonchev–Trinajstić information content (AvgIpc) is 2.95. The summed E-state index contributed by atoms with van der Waals surface area (Å²) >= 11 is 0. The summed E-state index contributed by atoms with van der Waals surface area (Å²) in [6.07, 6.45) is -4.66. The van der Waals surface area contributed by atoms with Gasteiger partial charge in [-0.3, -0.25) is 4.79 Å². The quantitative estimate of drug-likeness (QED) is 0.670. The molecule has 1 aromatic heterocycles. The molecule has 0 atom stereocenters. The number of hydrogen-bond acceptors (Lipinski definition) is 2. The molecule has 1 amide bonds. The molecule has 5 nitrogen and oxygen atoms in total. The number of nitrogens with two attached hydrogens (primary N) is 1. The van der Waals surface area contributed by atoms with Crippen molar-refractivity contribution < 1.29 is 27.9 Å². The Labute approximate surface area is 164 Å². The molecular weight excluding hydrogens is 385 g/mol. The minimum atomic E-state index is -4.66. The maximum Gasteiger partial charge on any atom is 0.418 e. The third kappa shape index (κ3) is 3.73. The molecule has 0 aliphatic carbocycles. The number of nitrogens with zero attached hydrogens (tertiary/aromatic N) is 1. The van der Waals surface area contributed by atoms with Gasteiger partial charge in [0, 0.05) is 17.0 Å². The Hall–Kier alpha value is -3.55. The maximum absolute atomic E-state index is 13.8. The molecule has 3 rings (SSSR count). The van der Waals surface area contributed by atoms with E-state index < -0.39 is 23.6 Å². The molecule has 1 heterocycles. The Morgan fingerprint density at radius 1 is 0.966 bits per heavy atom. The zero-order chi connectivity index (χ0) is 21.5.